The van der Waals surface area contributed by atoms with Crippen LogP contribution in [0.4, 0.5) is 4.39 Å². The first-order valence-corrected chi connectivity index (χ1v) is 7.55. The number of halogens is 2. The van der Waals surface area contributed by atoms with Crippen LogP contribution in [0.3, 0.4) is 0 Å². The topological polar surface area (TPSA) is 49.3 Å². The summed E-state index contributed by atoms with van der Waals surface area (Å²) in [6.45, 7) is -0.0735. The van der Waals surface area contributed by atoms with Crippen LogP contribution >= 0.6 is 22.9 Å². The minimum atomic E-state index is -0.512. The lowest BCUT2D eigenvalue weighted by Crippen LogP contribution is -2.56. The van der Waals surface area contributed by atoms with Gasteiger partial charge in [0, 0.05) is 10.1 Å². The number of aliphatic hydroxyl groups excluding tert-OH is 1. The molecule has 0 spiro atoms. The molecular formula is C14H13ClFNO2S. The SMILES string of the molecule is O=C(NC1(CO)CCC1)c1sc2cc(F)ccc2c1Cl. The Morgan fingerprint density at radius 1 is 1.50 bits per heavy atom. The molecule has 1 aliphatic rings. The number of hydrogen-bond acceptors (Lipinski definition) is 3. The smallest absolute Gasteiger partial charge is 0.263 e. The molecule has 20 heavy (non-hydrogen) atoms. The molecule has 6 heteroatoms. The molecule has 1 aromatic heterocycles. The quantitative estimate of drug-likeness (QED) is 0.913. The number of fused-ring (bicyclic) bond motifs is 1. The summed E-state index contributed by atoms with van der Waals surface area (Å²) in [7, 11) is 0. The normalized spacial score (nSPS) is 16.9. The van der Waals surface area contributed by atoms with Gasteiger partial charge < -0.3 is 10.4 Å². The van der Waals surface area contributed by atoms with Crippen molar-refractivity contribution >= 4 is 38.9 Å². The second kappa shape index (κ2) is 4.98. The summed E-state index contributed by atoms with van der Waals surface area (Å²) in [5.41, 5.74) is -0.512. The second-order valence-electron chi connectivity index (χ2n) is 5.13. The molecule has 1 heterocycles. The Hall–Kier alpha value is -1.17. The minimum absolute atomic E-state index is 0.0735. The molecule has 1 fully saturated rings. The molecule has 106 valence electrons. The van der Waals surface area contributed by atoms with E-state index in [1.165, 1.54) is 23.5 Å². The van der Waals surface area contributed by atoms with Gasteiger partial charge in [-0.2, -0.15) is 0 Å². The maximum atomic E-state index is 13.2. The highest BCUT2D eigenvalue weighted by Crippen LogP contribution is 2.37. The molecule has 0 atom stereocenters. The van der Waals surface area contributed by atoms with Crippen molar-refractivity contribution in [2.75, 3.05) is 6.61 Å². The Balaban J connectivity index is 1.93. The van der Waals surface area contributed by atoms with Crippen LogP contribution in [0.25, 0.3) is 10.1 Å². The molecule has 2 N–H and O–H groups in total. The minimum Gasteiger partial charge on any atom is -0.394 e. The number of carbonyl (C=O) groups excluding carboxylic acids is 1. The molecule has 0 aliphatic heterocycles. The van der Waals surface area contributed by atoms with Crippen LogP contribution in [0.1, 0.15) is 28.9 Å². The van der Waals surface area contributed by atoms with Crippen LogP contribution in [0, 0.1) is 5.82 Å². The molecule has 1 amide bonds. The van der Waals surface area contributed by atoms with Gasteiger partial charge in [0.2, 0.25) is 0 Å². The molecule has 3 rings (SSSR count). The lowest BCUT2D eigenvalue weighted by molar-refractivity contribution is 0.0645. The van der Waals surface area contributed by atoms with Gasteiger partial charge in [-0.15, -0.1) is 11.3 Å². The summed E-state index contributed by atoms with van der Waals surface area (Å²) in [6.07, 6.45) is 2.53. The molecule has 0 bridgehead atoms. The van der Waals surface area contributed by atoms with Crippen molar-refractivity contribution in [1.29, 1.82) is 0 Å². The first-order valence-electron chi connectivity index (χ1n) is 6.36. The van der Waals surface area contributed by atoms with E-state index in [0.29, 0.717) is 20.0 Å². The zero-order valence-electron chi connectivity index (χ0n) is 10.6. The van der Waals surface area contributed by atoms with E-state index in [1.807, 2.05) is 0 Å². The zero-order valence-corrected chi connectivity index (χ0v) is 12.2. The van der Waals surface area contributed by atoms with Crippen molar-refractivity contribution < 1.29 is 14.3 Å². The summed E-state index contributed by atoms with van der Waals surface area (Å²) in [6, 6.07) is 4.27. The van der Waals surface area contributed by atoms with E-state index >= 15 is 0 Å². The summed E-state index contributed by atoms with van der Waals surface area (Å²) in [5.74, 6) is -0.654. The standard InChI is InChI=1S/C14H13ClFNO2S/c15-11-9-3-2-8(16)6-10(9)20-12(11)13(19)17-14(7-18)4-1-5-14/h2-3,6,18H,1,4-5,7H2,(H,17,19). The molecule has 1 saturated carbocycles. The third-order valence-corrected chi connectivity index (χ3v) is 5.45. The number of rotatable bonds is 3. The van der Waals surface area contributed by atoms with Gasteiger partial charge in [-0.05, 0) is 37.5 Å². The summed E-state index contributed by atoms with van der Waals surface area (Å²) < 4.78 is 13.8. The van der Waals surface area contributed by atoms with E-state index in [-0.39, 0.29) is 18.3 Å². The largest absolute Gasteiger partial charge is 0.394 e. The number of thiophene rings is 1. The Morgan fingerprint density at radius 3 is 2.85 bits per heavy atom. The van der Waals surface area contributed by atoms with Crippen LogP contribution < -0.4 is 5.32 Å². The lowest BCUT2D eigenvalue weighted by atomic mass is 9.77. The summed E-state index contributed by atoms with van der Waals surface area (Å²) >= 11 is 7.37. The van der Waals surface area contributed by atoms with Crippen LogP contribution in [0.15, 0.2) is 18.2 Å². The molecular weight excluding hydrogens is 301 g/mol. The van der Waals surface area contributed by atoms with E-state index in [1.54, 1.807) is 6.07 Å². The van der Waals surface area contributed by atoms with Gasteiger partial charge in [-0.25, -0.2) is 4.39 Å². The average Bonchev–Trinajstić information content (AvgIpc) is 2.70. The van der Waals surface area contributed by atoms with Crippen LogP contribution in [-0.2, 0) is 0 Å². The highest BCUT2D eigenvalue weighted by atomic mass is 35.5. The monoisotopic (exact) mass is 313 g/mol. The molecule has 1 aromatic carbocycles. The van der Waals surface area contributed by atoms with Gasteiger partial charge >= 0.3 is 0 Å². The van der Waals surface area contributed by atoms with Crippen LogP contribution in [0.5, 0.6) is 0 Å². The van der Waals surface area contributed by atoms with Crippen molar-refractivity contribution in [3.05, 3.63) is 33.9 Å². The zero-order chi connectivity index (χ0) is 14.3. The van der Waals surface area contributed by atoms with Crippen molar-refractivity contribution in [3.8, 4) is 0 Å². The van der Waals surface area contributed by atoms with Gasteiger partial charge in [0.15, 0.2) is 0 Å². The fraction of sp³-hybridized carbons (Fsp3) is 0.357. The number of benzene rings is 1. The lowest BCUT2D eigenvalue weighted by Gasteiger charge is -2.40. The van der Waals surface area contributed by atoms with Crippen LogP contribution in [0.2, 0.25) is 5.02 Å². The molecule has 1 aliphatic carbocycles. The van der Waals surface area contributed by atoms with E-state index in [9.17, 15) is 14.3 Å². The third kappa shape index (κ3) is 2.20. The first-order chi connectivity index (χ1) is 9.54. The van der Waals surface area contributed by atoms with Gasteiger partial charge in [0.05, 0.1) is 17.2 Å². The Labute approximate surface area is 124 Å². The average molecular weight is 314 g/mol. The van der Waals surface area contributed by atoms with Crippen LogP contribution in [-0.4, -0.2) is 23.2 Å². The van der Waals surface area contributed by atoms with Gasteiger partial charge in [-0.1, -0.05) is 11.6 Å². The number of aliphatic hydroxyl groups is 1. The van der Waals surface area contributed by atoms with Gasteiger partial charge in [0.25, 0.3) is 5.91 Å². The van der Waals surface area contributed by atoms with Crippen molar-refractivity contribution in [3.63, 3.8) is 0 Å². The Bertz CT molecular complexity index is 676. The van der Waals surface area contributed by atoms with E-state index in [4.69, 9.17) is 11.6 Å². The number of carbonyl (C=O) groups is 1. The molecule has 0 radical (unpaired) electrons. The fourth-order valence-electron chi connectivity index (χ4n) is 2.41. The number of hydrogen-bond donors (Lipinski definition) is 2. The fourth-order valence-corrected chi connectivity index (χ4v) is 3.85. The predicted octanol–water partition coefficient (Wildman–Crippen LogP) is 3.34. The first kappa shape index (κ1) is 13.8. The second-order valence-corrected chi connectivity index (χ2v) is 6.56. The number of nitrogens with one attached hydrogen (secondary N) is 1. The molecule has 0 unspecified atom stereocenters. The Kier molecular flexibility index (Phi) is 3.44. The highest BCUT2D eigenvalue weighted by Gasteiger charge is 2.38. The number of amides is 1. The Morgan fingerprint density at radius 2 is 2.25 bits per heavy atom. The summed E-state index contributed by atoms with van der Waals surface area (Å²) in [5, 5.41) is 13.3. The molecule has 0 saturated heterocycles. The maximum Gasteiger partial charge on any atom is 0.263 e. The third-order valence-electron chi connectivity index (χ3n) is 3.79. The predicted molar refractivity (Wildman–Crippen MR) is 77.9 cm³/mol. The van der Waals surface area contributed by atoms with Crippen molar-refractivity contribution in [1.82, 2.24) is 5.32 Å². The van der Waals surface area contributed by atoms with Crippen molar-refractivity contribution in [2.24, 2.45) is 0 Å². The maximum absolute atomic E-state index is 13.2. The van der Waals surface area contributed by atoms with Crippen molar-refractivity contribution in [2.45, 2.75) is 24.8 Å². The summed E-state index contributed by atoms with van der Waals surface area (Å²) in [4.78, 5) is 12.7. The molecule has 2 aromatic rings. The molecule has 3 nitrogen and oxygen atoms in total. The van der Waals surface area contributed by atoms with E-state index in [2.05, 4.69) is 5.32 Å². The van der Waals surface area contributed by atoms with Gasteiger partial charge in [-0.3, -0.25) is 4.79 Å². The van der Waals surface area contributed by atoms with Gasteiger partial charge in [0.1, 0.15) is 10.7 Å². The highest BCUT2D eigenvalue weighted by molar-refractivity contribution is 7.21. The van der Waals surface area contributed by atoms with E-state index < -0.39 is 5.54 Å². The van der Waals surface area contributed by atoms with E-state index in [0.717, 1.165) is 19.3 Å².